The third kappa shape index (κ3) is 4.88. The van der Waals surface area contributed by atoms with Gasteiger partial charge in [-0.05, 0) is 49.4 Å². The van der Waals surface area contributed by atoms with Crippen molar-refractivity contribution < 1.29 is 9.53 Å². The molecule has 0 saturated carbocycles. The highest BCUT2D eigenvalue weighted by molar-refractivity contribution is 7.14. The number of nitrogens with zero attached hydrogens (tertiary/aromatic N) is 1. The molecule has 1 amide bonds. The summed E-state index contributed by atoms with van der Waals surface area (Å²) in [6.45, 7) is 2.56. The predicted octanol–water partition coefficient (Wildman–Crippen LogP) is 5.84. The summed E-state index contributed by atoms with van der Waals surface area (Å²) in [6, 6.07) is 12.4. The number of hydrogen-bond acceptors (Lipinski definition) is 5. The number of benzene rings is 2. The number of carbonyl (C=O) groups excluding carboxylic acids is 1. The SMILES string of the molecule is CCOc1ccc(Nc2nc(C(=O)Nc3cc(Cl)cc(Cl)c3)cs2)cc1. The number of nitrogens with one attached hydrogen (secondary N) is 2. The summed E-state index contributed by atoms with van der Waals surface area (Å²) in [4.78, 5) is 16.6. The van der Waals surface area contributed by atoms with Crippen LogP contribution in [0.5, 0.6) is 5.75 Å². The van der Waals surface area contributed by atoms with Gasteiger partial charge in [0.1, 0.15) is 11.4 Å². The molecular weight excluding hydrogens is 393 g/mol. The first kappa shape index (κ1) is 18.5. The summed E-state index contributed by atoms with van der Waals surface area (Å²) >= 11 is 13.2. The van der Waals surface area contributed by atoms with E-state index >= 15 is 0 Å². The van der Waals surface area contributed by atoms with Crippen molar-refractivity contribution in [3.63, 3.8) is 0 Å². The summed E-state index contributed by atoms with van der Waals surface area (Å²) in [5, 5.41) is 9.08. The highest BCUT2D eigenvalue weighted by Crippen LogP contribution is 2.25. The Morgan fingerprint density at radius 3 is 2.46 bits per heavy atom. The van der Waals surface area contributed by atoms with Crippen molar-refractivity contribution in [2.45, 2.75) is 6.92 Å². The van der Waals surface area contributed by atoms with Crippen LogP contribution in [0, 0.1) is 0 Å². The number of halogens is 2. The molecule has 0 bridgehead atoms. The molecule has 1 heterocycles. The van der Waals surface area contributed by atoms with E-state index in [1.807, 2.05) is 31.2 Å². The van der Waals surface area contributed by atoms with Crippen LogP contribution in [0.25, 0.3) is 0 Å². The molecule has 1 aromatic heterocycles. The van der Waals surface area contributed by atoms with E-state index in [9.17, 15) is 4.79 Å². The van der Waals surface area contributed by atoms with Crippen molar-refractivity contribution in [2.75, 3.05) is 17.2 Å². The lowest BCUT2D eigenvalue weighted by atomic mass is 10.3. The minimum Gasteiger partial charge on any atom is -0.494 e. The van der Waals surface area contributed by atoms with E-state index in [0.717, 1.165) is 11.4 Å². The van der Waals surface area contributed by atoms with E-state index in [4.69, 9.17) is 27.9 Å². The molecule has 3 rings (SSSR count). The van der Waals surface area contributed by atoms with Gasteiger partial charge in [-0.25, -0.2) is 4.98 Å². The van der Waals surface area contributed by atoms with Gasteiger partial charge in [0.05, 0.1) is 6.61 Å². The molecule has 0 fully saturated rings. The molecule has 0 unspecified atom stereocenters. The molecule has 0 aliphatic rings. The van der Waals surface area contributed by atoms with Crippen molar-refractivity contribution in [3.05, 3.63) is 63.6 Å². The zero-order chi connectivity index (χ0) is 18.5. The fourth-order valence-corrected chi connectivity index (χ4v) is 3.42. The number of anilines is 3. The van der Waals surface area contributed by atoms with E-state index in [1.165, 1.54) is 11.3 Å². The van der Waals surface area contributed by atoms with Crippen LogP contribution in [0.3, 0.4) is 0 Å². The standard InChI is InChI=1S/C18H15Cl2N3O2S/c1-2-25-15-5-3-13(4-6-15)22-18-23-16(10-26-18)17(24)21-14-8-11(19)7-12(20)9-14/h3-10H,2H2,1H3,(H,21,24)(H,22,23). The maximum Gasteiger partial charge on any atom is 0.275 e. The molecule has 2 N–H and O–H groups in total. The lowest BCUT2D eigenvalue weighted by Crippen LogP contribution is -2.12. The summed E-state index contributed by atoms with van der Waals surface area (Å²) in [7, 11) is 0. The summed E-state index contributed by atoms with van der Waals surface area (Å²) in [6.07, 6.45) is 0. The second-order valence-electron chi connectivity index (χ2n) is 5.23. The molecule has 0 radical (unpaired) electrons. The van der Waals surface area contributed by atoms with E-state index in [2.05, 4.69) is 15.6 Å². The van der Waals surface area contributed by atoms with E-state index in [-0.39, 0.29) is 5.91 Å². The van der Waals surface area contributed by atoms with Crippen LogP contribution in [0.15, 0.2) is 47.8 Å². The Morgan fingerprint density at radius 1 is 1.12 bits per heavy atom. The van der Waals surface area contributed by atoms with Crippen LogP contribution in [0.4, 0.5) is 16.5 Å². The van der Waals surface area contributed by atoms with Crippen molar-refractivity contribution in [2.24, 2.45) is 0 Å². The smallest absolute Gasteiger partial charge is 0.275 e. The fraction of sp³-hybridized carbons (Fsp3) is 0.111. The van der Waals surface area contributed by atoms with Crippen LogP contribution in [0.2, 0.25) is 10.0 Å². The number of rotatable bonds is 6. The predicted molar refractivity (Wildman–Crippen MR) is 107 cm³/mol. The molecule has 5 nitrogen and oxygen atoms in total. The Hall–Kier alpha value is -2.28. The van der Waals surface area contributed by atoms with Crippen molar-refractivity contribution in [1.82, 2.24) is 4.98 Å². The zero-order valence-corrected chi connectivity index (χ0v) is 16.1. The first-order valence-electron chi connectivity index (χ1n) is 7.76. The molecular formula is C18H15Cl2N3O2S. The van der Waals surface area contributed by atoms with Crippen molar-refractivity contribution in [3.8, 4) is 5.75 Å². The van der Waals surface area contributed by atoms with Crippen LogP contribution in [0.1, 0.15) is 17.4 Å². The molecule has 0 aliphatic carbocycles. The quantitative estimate of drug-likeness (QED) is 0.538. The normalized spacial score (nSPS) is 10.4. The van der Waals surface area contributed by atoms with Crippen molar-refractivity contribution in [1.29, 1.82) is 0 Å². The summed E-state index contributed by atoms with van der Waals surface area (Å²) in [5.41, 5.74) is 1.68. The number of ether oxygens (including phenoxy) is 1. The summed E-state index contributed by atoms with van der Waals surface area (Å²) in [5.74, 6) is 0.469. The number of hydrogen-bond donors (Lipinski definition) is 2. The summed E-state index contributed by atoms with van der Waals surface area (Å²) < 4.78 is 5.41. The Labute approximate surface area is 164 Å². The maximum absolute atomic E-state index is 12.3. The molecule has 8 heteroatoms. The topological polar surface area (TPSA) is 63.2 Å². The van der Waals surface area contributed by atoms with Crippen LogP contribution in [-0.2, 0) is 0 Å². The Bertz CT molecular complexity index is 893. The molecule has 0 saturated heterocycles. The second-order valence-corrected chi connectivity index (χ2v) is 6.96. The fourth-order valence-electron chi connectivity index (χ4n) is 2.18. The molecule has 2 aromatic carbocycles. The van der Waals surface area contributed by atoms with E-state index < -0.39 is 0 Å². The van der Waals surface area contributed by atoms with E-state index in [0.29, 0.717) is 33.2 Å². The van der Waals surface area contributed by atoms with Gasteiger partial charge in [-0.1, -0.05) is 23.2 Å². The third-order valence-electron chi connectivity index (χ3n) is 3.27. The third-order valence-corrected chi connectivity index (χ3v) is 4.47. The van der Waals surface area contributed by atoms with Gasteiger partial charge in [-0.15, -0.1) is 11.3 Å². The minimum atomic E-state index is -0.334. The number of aromatic nitrogens is 1. The Balaban J connectivity index is 1.65. The minimum absolute atomic E-state index is 0.305. The Kier molecular flexibility index (Phi) is 5.98. The molecule has 0 atom stereocenters. The first-order chi connectivity index (χ1) is 12.5. The zero-order valence-electron chi connectivity index (χ0n) is 13.8. The lowest BCUT2D eigenvalue weighted by Gasteiger charge is -2.06. The van der Waals surface area contributed by atoms with Crippen LogP contribution < -0.4 is 15.4 Å². The van der Waals surface area contributed by atoms with Gasteiger partial charge in [0, 0.05) is 26.8 Å². The van der Waals surface area contributed by atoms with Gasteiger partial charge in [0.15, 0.2) is 5.13 Å². The highest BCUT2D eigenvalue weighted by atomic mass is 35.5. The van der Waals surface area contributed by atoms with Crippen molar-refractivity contribution >= 4 is 57.0 Å². The molecule has 3 aromatic rings. The largest absolute Gasteiger partial charge is 0.494 e. The van der Waals surface area contributed by atoms with Gasteiger partial charge in [0.25, 0.3) is 5.91 Å². The molecule has 0 aliphatic heterocycles. The van der Waals surface area contributed by atoms with Gasteiger partial charge in [-0.2, -0.15) is 0 Å². The molecule has 0 spiro atoms. The average molecular weight is 408 g/mol. The highest BCUT2D eigenvalue weighted by Gasteiger charge is 2.12. The van der Waals surface area contributed by atoms with Gasteiger partial charge in [0.2, 0.25) is 0 Å². The average Bonchev–Trinajstić information content (AvgIpc) is 3.05. The van der Waals surface area contributed by atoms with Crippen LogP contribution in [-0.4, -0.2) is 17.5 Å². The number of amides is 1. The lowest BCUT2D eigenvalue weighted by molar-refractivity contribution is 0.102. The molecule has 134 valence electrons. The monoisotopic (exact) mass is 407 g/mol. The van der Waals surface area contributed by atoms with Crippen LogP contribution >= 0.6 is 34.5 Å². The second kappa shape index (κ2) is 8.40. The maximum atomic E-state index is 12.3. The Morgan fingerprint density at radius 2 is 1.81 bits per heavy atom. The van der Waals surface area contributed by atoms with Gasteiger partial charge in [-0.3, -0.25) is 4.79 Å². The number of thiazole rings is 1. The van der Waals surface area contributed by atoms with Gasteiger partial charge < -0.3 is 15.4 Å². The van der Waals surface area contributed by atoms with Gasteiger partial charge >= 0.3 is 0 Å². The first-order valence-corrected chi connectivity index (χ1v) is 9.40. The van der Waals surface area contributed by atoms with E-state index in [1.54, 1.807) is 23.6 Å². The number of carbonyl (C=O) groups is 1. The molecule has 26 heavy (non-hydrogen) atoms.